The first-order valence-electron chi connectivity index (χ1n) is 5.99. The Morgan fingerprint density at radius 3 is 2.38 bits per heavy atom. The smallest absolute Gasteiger partial charge is 0.330 e. The molecule has 0 aromatic carbocycles. The second-order valence-electron chi connectivity index (χ2n) is 4.57. The lowest BCUT2D eigenvalue weighted by atomic mass is 10.1. The van der Waals surface area contributed by atoms with Crippen LogP contribution in [0.25, 0.3) is 0 Å². The maximum atomic E-state index is 12.9. The Hall–Kier alpha value is -0.290. The molecule has 0 aromatic heterocycles. The highest BCUT2D eigenvalue weighted by Gasteiger charge is 2.43. The van der Waals surface area contributed by atoms with Crippen molar-refractivity contribution in [2.24, 2.45) is 11.7 Å². The minimum Gasteiger partial charge on any atom is -0.330 e. The van der Waals surface area contributed by atoms with Crippen LogP contribution in [0.5, 0.6) is 0 Å². The molecule has 0 heterocycles. The molecule has 1 aliphatic rings. The fraction of sp³-hybridized carbons (Fsp3) is 1.00. The number of alkyl halides is 3. The van der Waals surface area contributed by atoms with E-state index in [-0.39, 0.29) is 13.0 Å². The Morgan fingerprint density at radius 1 is 1.38 bits per heavy atom. The number of rotatable bonds is 7. The van der Waals surface area contributed by atoms with Crippen molar-refractivity contribution in [2.75, 3.05) is 19.6 Å². The predicted molar refractivity (Wildman–Crippen MR) is 58.1 cm³/mol. The highest BCUT2D eigenvalue weighted by Crippen LogP contribution is 2.34. The summed E-state index contributed by atoms with van der Waals surface area (Å²) >= 11 is 0. The van der Waals surface area contributed by atoms with Crippen LogP contribution in [-0.4, -0.2) is 36.8 Å². The summed E-state index contributed by atoms with van der Waals surface area (Å²) in [6.45, 7) is 3.10. The fourth-order valence-electron chi connectivity index (χ4n) is 2.00. The number of hydrogen-bond donors (Lipinski definition) is 1. The normalized spacial score (nSPS) is 19.1. The van der Waals surface area contributed by atoms with Gasteiger partial charge in [0.15, 0.2) is 0 Å². The van der Waals surface area contributed by atoms with Crippen LogP contribution in [0.15, 0.2) is 0 Å². The summed E-state index contributed by atoms with van der Waals surface area (Å²) in [5.41, 5.74) is 5.28. The molecule has 0 aromatic rings. The molecule has 0 radical (unpaired) electrons. The Bertz CT molecular complexity index is 202. The van der Waals surface area contributed by atoms with Crippen molar-refractivity contribution in [3.05, 3.63) is 0 Å². The summed E-state index contributed by atoms with van der Waals surface area (Å²) in [5, 5.41) is 0. The maximum absolute atomic E-state index is 12.9. The van der Waals surface area contributed by atoms with Crippen molar-refractivity contribution in [1.82, 2.24) is 4.90 Å². The van der Waals surface area contributed by atoms with E-state index in [2.05, 4.69) is 0 Å². The lowest BCUT2D eigenvalue weighted by Crippen LogP contribution is -2.48. The number of nitrogens with zero attached hydrogens (tertiary/aromatic N) is 1. The van der Waals surface area contributed by atoms with Crippen LogP contribution in [0.3, 0.4) is 0 Å². The average Bonchev–Trinajstić information content (AvgIpc) is 2.95. The average molecular weight is 238 g/mol. The van der Waals surface area contributed by atoms with Gasteiger partial charge in [-0.2, -0.15) is 13.2 Å². The highest BCUT2D eigenvalue weighted by atomic mass is 19.4. The van der Waals surface area contributed by atoms with E-state index in [0.717, 1.165) is 19.3 Å². The molecular weight excluding hydrogens is 217 g/mol. The molecule has 0 aliphatic heterocycles. The zero-order valence-corrected chi connectivity index (χ0v) is 9.76. The minimum absolute atomic E-state index is 0.0101. The van der Waals surface area contributed by atoms with Crippen molar-refractivity contribution in [3.8, 4) is 0 Å². The molecule has 0 amide bonds. The van der Waals surface area contributed by atoms with Crippen molar-refractivity contribution >= 4 is 0 Å². The van der Waals surface area contributed by atoms with Crippen LogP contribution in [-0.2, 0) is 0 Å². The molecule has 1 aliphatic carbocycles. The van der Waals surface area contributed by atoms with Gasteiger partial charge in [0.25, 0.3) is 0 Å². The van der Waals surface area contributed by atoms with Gasteiger partial charge in [0.1, 0.15) is 6.04 Å². The molecule has 1 fully saturated rings. The molecule has 5 heteroatoms. The van der Waals surface area contributed by atoms with Crippen LogP contribution >= 0.6 is 0 Å². The summed E-state index contributed by atoms with van der Waals surface area (Å²) < 4.78 is 38.6. The summed E-state index contributed by atoms with van der Waals surface area (Å²) in [4.78, 5) is 1.57. The second kappa shape index (κ2) is 5.87. The largest absolute Gasteiger partial charge is 0.404 e. The van der Waals surface area contributed by atoms with E-state index in [1.54, 1.807) is 4.90 Å². The summed E-state index contributed by atoms with van der Waals surface area (Å²) in [6.07, 6.45) is -1.23. The maximum Gasteiger partial charge on any atom is 0.404 e. The van der Waals surface area contributed by atoms with Crippen LogP contribution < -0.4 is 5.73 Å². The van der Waals surface area contributed by atoms with Crippen molar-refractivity contribution in [2.45, 2.75) is 44.8 Å². The van der Waals surface area contributed by atoms with E-state index in [0.29, 0.717) is 19.0 Å². The monoisotopic (exact) mass is 238 g/mol. The molecular formula is C11H21F3N2. The van der Waals surface area contributed by atoms with E-state index in [1.807, 2.05) is 6.92 Å². The third-order valence-corrected chi connectivity index (χ3v) is 2.96. The topological polar surface area (TPSA) is 29.3 Å². The van der Waals surface area contributed by atoms with Crippen LogP contribution in [0, 0.1) is 5.92 Å². The van der Waals surface area contributed by atoms with Gasteiger partial charge < -0.3 is 5.73 Å². The van der Waals surface area contributed by atoms with Gasteiger partial charge in [0, 0.05) is 6.54 Å². The molecule has 2 N–H and O–H groups in total. The Labute approximate surface area is 95.0 Å². The fourth-order valence-corrected chi connectivity index (χ4v) is 2.00. The molecule has 2 nitrogen and oxygen atoms in total. The van der Waals surface area contributed by atoms with E-state index < -0.39 is 12.2 Å². The lowest BCUT2D eigenvalue weighted by Gasteiger charge is -2.32. The SMILES string of the molecule is CCCN(CC1CC1)C(CCN)C(F)(F)F. The minimum atomic E-state index is -4.15. The number of halogens is 3. The van der Waals surface area contributed by atoms with E-state index in [9.17, 15) is 13.2 Å². The molecule has 1 atom stereocenters. The Morgan fingerprint density at radius 2 is 2.00 bits per heavy atom. The zero-order valence-electron chi connectivity index (χ0n) is 9.76. The summed E-state index contributed by atoms with van der Waals surface area (Å²) in [6, 6.07) is -1.35. The van der Waals surface area contributed by atoms with Crippen molar-refractivity contribution in [1.29, 1.82) is 0 Å². The first-order chi connectivity index (χ1) is 7.49. The molecule has 1 saturated carbocycles. The van der Waals surface area contributed by atoms with Gasteiger partial charge in [-0.15, -0.1) is 0 Å². The summed E-state index contributed by atoms with van der Waals surface area (Å²) in [5.74, 6) is 0.481. The highest BCUT2D eigenvalue weighted by molar-refractivity contribution is 4.84. The molecule has 1 unspecified atom stereocenters. The molecule has 96 valence electrons. The van der Waals surface area contributed by atoms with E-state index in [1.165, 1.54) is 0 Å². The van der Waals surface area contributed by atoms with Crippen LogP contribution in [0.4, 0.5) is 13.2 Å². The third-order valence-electron chi connectivity index (χ3n) is 2.96. The Kier molecular flexibility index (Phi) is 5.05. The van der Waals surface area contributed by atoms with Gasteiger partial charge in [0.05, 0.1) is 0 Å². The predicted octanol–water partition coefficient (Wildman–Crippen LogP) is 2.39. The molecule has 1 rings (SSSR count). The zero-order chi connectivity index (χ0) is 12.2. The van der Waals surface area contributed by atoms with Gasteiger partial charge in [-0.3, -0.25) is 4.90 Å². The Balaban J connectivity index is 2.60. The van der Waals surface area contributed by atoms with Crippen molar-refractivity contribution in [3.63, 3.8) is 0 Å². The molecule has 0 bridgehead atoms. The first kappa shape index (κ1) is 13.8. The standard InChI is InChI=1S/C11H21F3N2/c1-2-7-16(8-9-3-4-9)10(5-6-15)11(12,13)14/h9-10H,2-8,15H2,1H3. The third kappa shape index (κ3) is 4.29. The van der Waals surface area contributed by atoms with Crippen LogP contribution in [0.2, 0.25) is 0 Å². The lowest BCUT2D eigenvalue weighted by molar-refractivity contribution is -0.185. The van der Waals surface area contributed by atoms with Gasteiger partial charge in [-0.25, -0.2) is 0 Å². The second-order valence-corrected chi connectivity index (χ2v) is 4.57. The molecule has 16 heavy (non-hydrogen) atoms. The number of nitrogens with two attached hydrogens (primary N) is 1. The summed E-state index contributed by atoms with van der Waals surface area (Å²) in [7, 11) is 0. The van der Waals surface area contributed by atoms with E-state index >= 15 is 0 Å². The van der Waals surface area contributed by atoms with Gasteiger partial charge in [-0.1, -0.05) is 6.92 Å². The quantitative estimate of drug-likeness (QED) is 0.738. The van der Waals surface area contributed by atoms with Gasteiger partial charge in [-0.05, 0) is 44.7 Å². The van der Waals surface area contributed by atoms with Crippen molar-refractivity contribution < 1.29 is 13.2 Å². The molecule has 0 spiro atoms. The molecule has 0 saturated heterocycles. The van der Waals surface area contributed by atoms with E-state index in [4.69, 9.17) is 5.73 Å². The van der Waals surface area contributed by atoms with Gasteiger partial charge in [0.2, 0.25) is 0 Å². The van der Waals surface area contributed by atoms with Crippen LogP contribution in [0.1, 0.15) is 32.6 Å². The number of hydrogen-bond acceptors (Lipinski definition) is 2. The first-order valence-corrected chi connectivity index (χ1v) is 5.99. The van der Waals surface area contributed by atoms with Gasteiger partial charge >= 0.3 is 6.18 Å².